The molecule has 3 rings (SSSR count). The van der Waals surface area contributed by atoms with Gasteiger partial charge in [-0.2, -0.15) is 11.8 Å². The lowest BCUT2D eigenvalue weighted by Crippen LogP contribution is -2.44. The highest BCUT2D eigenvalue weighted by Gasteiger charge is 2.21. The summed E-state index contributed by atoms with van der Waals surface area (Å²) in [6.45, 7) is 0. The normalized spacial score (nSPS) is 11.4. The van der Waals surface area contributed by atoms with Crippen LogP contribution in [0.3, 0.4) is 0 Å². The van der Waals surface area contributed by atoms with Crippen molar-refractivity contribution in [1.29, 1.82) is 0 Å². The summed E-state index contributed by atoms with van der Waals surface area (Å²) in [5, 5.41) is 5.72. The molecular formula is C24H24N2O3S. The topological polar surface area (TPSA) is 67.4 Å². The minimum Gasteiger partial charge on any atom is -0.457 e. The Morgan fingerprint density at radius 3 is 2.10 bits per heavy atom. The van der Waals surface area contributed by atoms with Gasteiger partial charge >= 0.3 is 0 Å². The van der Waals surface area contributed by atoms with Gasteiger partial charge in [-0.15, -0.1) is 0 Å². The Labute approximate surface area is 180 Å². The number of hydrogen-bond acceptors (Lipinski definition) is 4. The molecule has 3 aromatic rings. The molecule has 0 radical (unpaired) electrons. The summed E-state index contributed by atoms with van der Waals surface area (Å²) in [6, 6.07) is 24.9. The van der Waals surface area contributed by atoms with Gasteiger partial charge in [0, 0.05) is 11.3 Å². The molecule has 0 saturated heterocycles. The van der Waals surface area contributed by atoms with E-state index in [-0.39, 0.29) is 11.8 Å². The molecule has 30 heavy (non-hydrogen) atoms. The maximum atomic E-state index is 12.8. The summed E-state index contributed by atoms with van der Waals surface area (Å²) in [4.78, 5) is 25.3. The minimum absolute atomic E-state index is 0.245. The van der Waals surface area contributed by atoms with E-state index in [1.54, 1.807) is 60.3 Å². The van der Waals surface area contributed by atoms with Crippen LogP contribution in [0.2, 0.25) is 0 Å². The molecule has 5 nitrogen and oxygen atoms in total. The lowest BCUT2D eigenvalue weighted by molar-refractivity contribution is -0.118. The van der Waals surface area contributed by atoms with Gasteiger partial charge in [0.15, 0.2) is 0 Å². The second-order valence-corrected chi connectivity index (χ2v) is 7.59. The van der Waals surface area contributed by atoms with Crippen molar-refractivity contribution in [3.8, 4) is 11.5 Å². The van der Waals surface area contributed by atoms with Crippen LogP contribution in [0.1, 0.15) is 16.8 Å². The van der Waals surface area contributed by atoms with Gasteiger partial charge in [-0.25, -0.2) is 0 Å². The van der Waals surface area contributed by atoms with E-state index in [4.69, 9.17) is 4.74 Å². The number of thioether (sulfide) groups is 1. The number of hydrogen-bond donors (Lipinski definition) is 2. The predicted octanol–water partition coefficient (Wildman–Crippen LogP) is 4.97. The molecule has 0 heterocycles. The molecule has 3 aromatic carbocycles. The third-order valence-corrected chi connectivity index (χ3v) is 5.01. The summed E-state index contributed by atoms with van der Waals surface area (Å²) in [5.41, 5.74) is 1.17. The van der Waals surface area contributed by atoms with Gasteiger partial charge in [0.1, 0.15) is 17.5 Å². The van der Waals surface area contributed by atoms with Crippen molar-refractivity contribution in [3.05, 3.63) is 90.5 Å². The zero-order valence-corrected chi connectivity index (χ0v) is 17.5. The van der Waals surface area contributed by atoms with E-state index in [0.717, 1.165) is 11.5 Å². The van der Waals surface area contributed by atoms with E-state index in [1.807, 2.05) is 42.7 Å². The molecule has 0 aliphatic carbocycles. The molecule has 0 bridgehead atoms. The first-order valence-electron chi connectivity index (χ1n) is 9.64. The summed E-state index contributed by atoms with van der Waals surface area (Å²) >= 11 is 1.63. The molecule has 0 aliphatic heterocycles. The number of para-hydroxylation sites is 1. The van der Waals surface area contributed by atoms with Crippen LogP contribution >= 0.6 is 11.8 Å². The van der Waals surface area contributed by atoms with Crippen molar-refractivity contribution in [2.24, 2.45) is 0 Å². The van der Waals surface area contributed by atoms with E-state index in [1.165, 1.54) is 0 Å². The smallest absolute Gasteiger partial charge is 0.251 e. The summed E-state index contributed by atoms with van der Waals surface area (Å²) in [6.07, 6.45) is 2.51. The molecule has 0 aliphatic rings. The molecule has 154 valence electrons. The fraction of sp³-hybridized carbons (Fsp3) is 0.167. The number of carbonyl (C=O) groups excluding carboxylic acids is 2. The Morgan fingerprint density at radius 1 is 0.867 bits per heavy atom. The summed E-state index contributed by atoms with van der Waals surface area (Å²) in [7, 11) is 0. The zero-order chi connectivity index (χ0) is 21.2. The molecule has 2 amide bonds. The molecular weight excluding hydrogens is 396 g/mol. The monoisotopic (exact) mass is 420 g/mol. The average molecular weight is 421 g/mol. The molecule has 0 fully saturated rings. The molecule has 0 unspecified atom stereocenters. The van der Waals surface area contributed by atoms with Gasteiger partial charge in [-0.3, -0.25) is 9.59 Å². The molecule has 0 saturated carbocycles. The number of benzene rings is 3. The van der Waals surface area contributed by atoms with E-state index >= 15 is 0 Å². The predicted molar refractivity (Wildman–Crippen MR) is 122 cm³/mol. The Bertz CT molecular complexity index is 947. The highest BCUT2D eigenvalue weighted by Crippen LogP contribution is 2.22. The Kier molecular flexibility index (Phi) is 7.92. The van der Waals surface area contributed by atoms with Crippen molar-refractivity contribution < 1.29 is 14.3 Å². The quantitative estimate of drug-likeness (QED) is 0.513. The minimum atomic E-state index is -0.620. The van der Waals surface area contributed by atoms with Crippen molar-refractivity contribution in [1.82, 2.24) is 5.32 Å². The average Bonchev–Trinajstić information content (AvgIpc) is 2.79. The molecule has 6 heteroatoms. The molecule has 1 atom stereocenters. The standard InChI is InChI=1S/C24H24N2O3S/c1-30-17-16-22(26-23(27)18-8-4-2-5-9-18)24(28)25-19-12-14-21(15-13-19)29-20-10-6-3-7-11-20/h2-15,22H,16-17H2,1H3,(H,25,28)(H,26,27)/t22-/m0/s1. The second kappa shape index (κ2) is 11.1. The summed E-state index contributed by atoms with van der Waals surface area (Å²) in [5.74, 6) is 1.68. The first kappa shape index (κ1) is 21.5. The van der Waals surface area contributed by atoms with Crippen LogP contribution in [0, 0.1) is 0 Å². The van der Waals surface area contributed by atoms with Crippen LogP contribution in [0.25, 0.3) is 0 Å². The molecule has 0 aromatic heterocycles. The number of ether oxygens (including phenoxy) is 1. The molecule has 0 spiro atoms. The van der Waals surface area contributed by atoms with Crippen molar-refractivity contribution in [3.63, 3.8) is 0 Å². The van der Waals surface area contributed by atoms with Crippen LogP contribution in [0.5, 0.6) is 11.5 Å². The van der Waals surface area contributed by atoms with Crippen LogP contribution in [-0.2, 0) is 4.79 Å². The third kappa shape index (κ3) is 6.39. The van der Waals surface area contributed by atoms with Gasteiger partial charge < -0.3 is 15.4 Å². The van der Waals surface area contributed by atoms with Crippen LogP contribution in [0.4, 0.5) is 5.69 Å². The van der Waals surface area contributed by atoms with Gasteiger partial charge in [0.25, 0.3) is 5.91 Å². The number of rotatable bonds is 9. The highest BCUT2D eigenvalue weighted by molar-refractivity contribution is 7.98. The SMILES string of the molecule is CSCC[C@H](NC(=O)c1ccccc1)C(=O)Nc1ccc(Oc2ccccc2)cc1. The lowest BCUT2D eigenvalue weighted by atomic mass is 10.1. The Morgan fingerprint density at radius 2 is 1.47 bits per heavy atom. The second-order valence-electron chi connectivity index (χ2n) is 6.60. The summed E-state index contributed by atoms with van der Waals surface area (Å²) < 4.78 is 5.77. The number of carbonyl (C=O) groups is 2. The first-order valence-corrected chi connectivity index (χ1v) is 11.0. The largest absolute Gasteiger partial charge is 0.457 e. The van der Waals surface area contributed by atoms with Gasteiger partial charge in [0.2, 0.25) is 5.91 Å². The fourth-order valence-corrected chi connectivity index (χ4v) is 3.27. The van der Waals surface area contributed by atoms with Crippen molar-refractivity contribution in [2.75, 3.05) is 17.3 Å². The van der Waals surface area contributed by atoms with E-state index in [9.17, 15) is 9.59 Å². The van der Waals surface area contributed by atoms with Gasteiger partial charge in [-0.1, -0.05) is 36.4 Å². The lowest BCUT2D eigenvalue weighted by Gasteiger charge is -2.18. The van der Waals surface area contributed by atoms with Crippen molar-refractivity contribution in [2.45, 2.75) is 12.5 Å². The van der Waals surface area contributed by atoms with Crippen LogP contribution in [0.15, 0.2) is 84.9 Å². The van der Waals surface area contributed by atoms with E-state index < -0.39 is 6.04 Å². The van der Waals surface area contributed by atoms with E-state index in [2.05, 4.69) is 10.6 Å². The fourth-order valence-electron chi connectivity index (χ4n) is 2.80. The van der Waals surface area contributed by atoms with E-state index in [0.29, 0.717) is 23.4 Å². The maximum Gasteiger partial charge on any atom is 0.251 e. The van der Waals surface area contributed by atoms with Crippen LogP contribution < -0.4 is 15.4 Å². The third-order valence-electron chi connectivity index (χ3n) is 4.37. The van der Waals surface area contributed by atoms with Crippen LogP contribution in [-0.4, -0.2) is 29.9 Å². The number of anilines is 1. The Hall–Kier alpha value is -3.25. The Balaban J connectivity index is 1.62. The van der Waals surface area contributed by atoms with Gasteiger partial charge in [-0.05, 0) is 67.0 Å². The first-order chi connectivity index (χ1) is 14.7. The number of nitrogens with one attached hydrogen (secondary N) is 2. The maximum absolute atomic E-state index is 12.8. The molecule has 2 N–H and O–H groups in total. The van der Waals surface area contributed by atoms with Crippen molar-refractivity contribution >= 4 is 29.3 Å². The van der Waals surface area contributed by atoms with Gasteiger partial charge in [0.05, 0.1) is 0 Å². The zero-order valence-electron chi connectivity index (χ0n) is 16.7. The highest BCUT2D eigenvalue weighted by atomic mass is 32.2. The number of amides is 2.